The molecule has 0 atom stereocenters. The van der Waals surface area contributed by atoms with Crippen LogP contribution in [-0.4, -0.2) is 19.0 Å². The minimum Gasteiger partial charge on any atom is -0.399 e. The van der Waals surface area contributed by atoms with Crippen molar-refractivity contribution in [2.75, 3.05) is 29.0 Å². The summed E-state index contributed by atoms with van der Waals surface area (Å²) < 4.78 is 0. The molecule has 1 heterocycles. The maximum absolute atomic E-state index is 12.0. The van der Waals surface area contributed by atoms with Gasteiger partial charge < -0.3 is 16.0 Å². The second-order valence-corrected chi connectivity index (χ2v) is 6.10. The number of nitrogens with two attached hydrogens (primary N) is 1. The lowest BCUT2D eigenvalue weighted by Gasteiger charge is -2.33. The Morgan fingerprint density at radius 3 is 2.76 bits per heavy atom. The lowest BCUT2D eigenvalue weighted by atomic mass is 9.98. The van der Waals surface area contributed by atoms with Crippen molar-refractivity contribution < 1.29 is 4.79 Å². The number of hydrogen-bond acceptors (Lipinski definition) is 3. The van der Waals surface area contributed by atoms with Gasteiger partial charge in [-0.3, -0.25) is 4.79 Å². The molecule has 1 saturated heterocycles. The van der Waals surface area contributed by atoms with E-state index in [0.717, 1.165) is 43.2 Å². The molecule has 116 valence electrons. The third kappa shape index (κ3) is 4.38. The van der Waals surface area contributed by atoms with E-state index in [0.29, 0.717) is 12.1 Å². The summed E-state index contributed by atoms with van der Waals surface area (Å²) in [4.78, 5) is 14.4. The van der Waals surface area contributed by atoms with E-state index in [1.165, 1.54) is 12.8 Å². The number of carbonyl (C=O) groups excluding carboxylic acids is 1. The van der Waals surface area contributed by atoms with Crippen molar-refractivity contribution in [3.05, 3.63) is 18.2 Å². The maximum Gasteiger partial charge on any atom is 0.224 e. The number of unbranched alkanes of at least 4 members (excludes halogenated alkanes) is 1. The monoisotopic (exact) mass is 289 g/mol. The molecule has 1 aliphatic heterocycles. The fourth-order valence-corrected chi connectivity index (χ4v) is 2.73. The summed E-state index contributed by atoms with van der Waals surface area (Å²) >= 11 is 0. The van der Waals surface area contributed by atoms with Crippen LogP contribution in [0.1, 0.15) is 46.0 Å². The van der Waals surface area contributed by atoms with Gasteiger partial charge in [-0.2, -0.15) is 0 Å². The highest BCUT2D eigenvalue weighted by atomic mass is 16.1. The largest absolute Gasteiger partial charge is 0.399 e. The smallest absolute Gasteiger partial charge is 0.224 e. The molecule has 1 aromatic rings. The van der Waals surface area contributed by atoms with Gasteiger partial charge in [0.25, 0.3) is 0 Å². The Balaban J connectivity index is 2.11. The molecule has 3 N–H and O–H groups in total. The van der Waals surface area contributed by atoms with Crippen molar-refractivity contribution in [3.63, 3.8) is 0 Å². The van der Waals surface area contributed by atoms with Crippen LogP contribution in [0.15, 0.2) is 18.2 Å². The molecule has 4 heteroatoms. The summed E-state index contributed by atoms with van der Waals surface area (Å²) in [6.45, 7) is 6.48. The quantitative estimate of drug-likeness (QED) is 0.814. The van der Waals surface area contributed by atoms with Gasteiger partial charge in [0.15, 0.2) is 0 Å². The van der Waals surface area contributed by atoms with E-state index in [1.54, 1.807) is 0 Å². The van der Waals surface area contributed by atoms with E-state index in [1.807, 2.05) is 18.2 Å². The Morgan fingerprint density at radius 1 is 1.38 bits per heavy atom. The second kappa shape index (κ2) is 7.34. The van der Waals surface area contributed by atoms with E-state index in [4.69, 9.17) is 5.73 Å². The van der Waals surface area contributed by atoms with Gasteiger partial charge in [-0.05, 0) is 43.4 Å². The van der Waals surface area contributed by atoms with Gasteiger partial charge in [-0.1, -0.05) is 20.3 Å². The molecule has 21 heavy (non-hydrogen) atoms. The van der Waals surface area contributed by atoms with Crippen LogP contribution in [0.2, 0.25) is 0 Å². The molecule has 1 aromatic carbocycles. The van der Waals surface area contributed by atoms with Gasteiger partial charge in [0.2, 0.25) is 5.91 Å². The van der Waals surface area contributed by atoms with Crippen molar-refractivity contribution in [2.24, 2.45) is 5.92 Å². The Labute approximate surface area is 127 Å². The van der Waals surface area contributed by atoms with Crippen molar-refractivity contribution >= 4 is 23.0 Å². The third-order valence-electron chi connectivity index (χ3n) is 4.18. The number of nitrogen functional groups attached to an aromatic ring is 1. The maximum atomic E-state index is 12.0. The first kappa shape index (κ1) is 15.7. The number of piperidine rings is 1. The number of rotatable bonds is 5. The molecule has 0 unspecified atom stereocenters. The zero-order valence-electron chi connectivity index (χ0n) is 13.2. The zero-order chi connectivity index (χ0) is 15.2. The number of carbonyl (C=O) groups is 1. The minimum atomic E-state index is 0.0778. The van der Waals surface area contributed by atoms with Crippen LogP contribution < -0.4 is 16.0 Å². The standard InChI is InChI=1S/C17H27N3O/c1-3-4-5-17(21)19-15-12-14(18)6-7-16(15)20-10-8-13(2)9-11-20/h6-7,12-13H,3-5,8-11,18H2,1-2H3,(H,19,21). The molecule has 0 aliphatic carbocycles. The van der Waals surface area contributed by atoms with E-state index >= 15 is 0 Å². The first-order valence-electron chi connectivity index (χ1n) is 8.04. The number of anilines is 3. The number of amides is 1. The summed E-state index contributed by atoms with van der Waals surface area (Å²) in [5, 5.41) is 3.03. The van der Waals surface area contributed by atoms with Crippen LogP contribution >= 0.6 is 0 Å². The molecule has 4 nitrogen and oxygen atoms in total. The normalized spacial score (nSPS) is 16.0. The van der Waals surface area contributed by atoms with Crippen molar-refractivity contribution in [2.45, 2.75) is 46.0 Å². The molecule has 1 amide bonds. The highest BCUT2D eigenvalue weighted by Gasteiger charge is 2.19. The van der Waals surface area contributed by atoms with E-state index < -0.39 is 0 Å². The molecular formula is C17H27N3O. The van der Waals surface area contributed by atoms with Crippen molar-refractivity contribution in [1.29, 1.82) is 0 Å². The SMILES string of the molecule is CCCCC(=O)Nc1cc(N)ccc1N1CCC(C)CC1. The number of hydrogen-bond donors (Lipinski definition) is 2. The van der Waals surface area contributed by atoms with Crippen molar-refractivity contribution in [1.82, 2.24) is 0 Å². The van der Waals surface area contributed by atoms with Gasteiger partial charge >= 0.3 is 0 Å². The number of benzene rings is 1. The molecule has 0 saturated carbocycles. The molecule has 1 aliphatic rings. The highest BCUT2D eigenvalue weighted by molar-refractivity contribution is 5.95. The van der Waals surface area contributed by atoms with Gasteiger partial charge in [0.05, 0.1) is 11.4 Å². The highest BCUT2D eigenvalue weighted by Crippen LogP contribution is 2.31. The Morgan fingerprint density at radius 2 is 2.10 bits per heavy atom. The first-order chi connectivity index (χ1) is 10.1. The number of nitrogens with one attached hydrogen (secondary N) is 1. The van der Waals surface area contributed by atoms with Crippen LogP contribution in [0.3, 0.4) is 0 Å². The summed E-state index contributed by atoms with van der Waals surface area (Å²) in [5.74, 6) is 0.867. The number of nitrogens with zero attached hydrogens (tertiary/aromatic N) is 1. The molecule has 0 aromatic heterocycles. The second-order valence-electron chi connectivity index (χ2n) is 6.10. The van der Waals surface area contributed by atoms with Crippen LogP contribution in [-0.2, 0) is 4.79 Å². The van der Waals surface area contributed by atoms with Crippen molar-refractivity contribution in [3.8, 4) is 0 Å². The molecule has 2 rings (SSSR count). The average Bonchev–Trinajstić information content (AvgIpc) is 2.46. The summed E-state index contributed by atoms with van der Waals surface area (Å²) in [7, 11) is 0. The third-order valence-corrected chi connectivity index (χ3v) is 4.18. The lowest BCUT2D eigenvalue weighted by Crippen LogP contribution is -2.33. The fraction of sp³-hybridized carbons (Fsp3) is 0.588. The molecule has 0 radical (unpaired) electrons. The van der Waals surface area contributed by atoms with E-state index in [-0.39, 0.29) is 5.91 Å². The van der Waals surface area contributed by atoms with Gasteiger partial charge in [0.1, 0.15) is 0 Å². The van der Waals surface area contributed by atoms with Gasteiger partial charge in [0, 0.05) is 25.2 Å². The van der Waals surface area contributed by atoms with E-state index in [2.05, 4.69) is 24.1 Å². The fourth-order valence-electron chi connectivity index (χ4n) is 2.73. The molecule has 1 fully saturated rings. The van der Waals surface area contributed by atoms with Crippen LogP contribution in [0.4, 0.5) is 17.1 Å². The molecular weight excluding hydrogens is 262 g/mol. The van der Waals surface area contributed by atoms with Crippen LogP contribution in [0.5, 0.6) is 0 Å². The lowest BCUT2D eigenvalue weighted by molar-refractivity contribution is -0.116. The average molecular weight is 289 g/mol. The summed E-state index contributed by atoms with van der Waals surface area (Å²) in [6.07, 6.45) is 4.93. The molecule has 0 bridgehead atoms. The Bertz CT molecular complexity index is 479. The Kier molecular flexibility index (Phi) is 5.48. The zero-order valence-corrected chi connectivity index (χ0v) is 13.2. The van der Waals surface area contributed by atoms with Gasteiger partial charge in [-0.15, -0.1) is 0 Å². The predicted octanol–water partition coefficient (Wildman–Crippen LogP) is 3.63. The van der Waals surface area contributed by atoms with E-state index in [9.17, 15) is 4.79 Å². The summed E-state index contributed by atoms with van der Waals surface area (Å²) in [5.41, 5.74) is 8.53. The first-order valence-corrected chi connectivity index (χ1v) is 8.04. The summed E-state index contributed by atoms with van der Waals surface area (Å²) in [6, 6.07) is 5.81. The van der Waals surface area contributed by atoms with Crippen LogP contribution in [0.25, 0.3) is 0 Å². The van der Waals surface area contributed by atoms with Gasteiger partial charge in [-0.25, -0.2) is 0 Å². The minimum absolute atomic E-state index is 0.0778. The van der Waals surface area contributed by atoms with Crippen LogP contribution in [0, 0.1) is 5.92 Å². The predicted molar refractivity (Wildman–Crippen MR) is 89.6 cm³/mol. The molecule has 0 spiro atoms. The topological polar surface area (TPSA) is 58.4 Å². The Hall–Kier alpha value is -1.71.